The van der Waals surface area contributed by atoms with E-state index in [9.17, 15) is 4.79 Å². The van der Waals surface area contributed by atoms with E-state index < -0.39 is 0 Å². The predicted octanol–water partition coefficient (Wildman–Crippen LogP) is 8.52. The monoisotopic (exact) mass is 472 g/mol. The molecule has 2 aliphatic rings. The molecule has 0 aliphatic heterocycles. The van der Waals surface area contributed by atoms with Crippen LogP contribution in [0.5, 0.6) is 11.5 Å². The number of carbonyl (C=O) groups is 1. The van der Waals surface area contributed by atoms with E-state index in [-0.39, 0.29) is 5.97 Å². The van der Waals surface area contributed by atoms with Crippen molar-refractivity contribution in [2.45, 2.75) is 71.1 Å². The maximum Gasteiger partial charge on any atom is 0.343 e. The summed E-state index contributed by atoms with van der Waals surface area (Å²) in [5, 5.41) is 0. The summed E-state index contributed by atoms with van der Waals surface area (Å²) in [4.78, 5) is 12.6. The molecule has 0 amide bonds. The van der Waals surface area contributed by atoms with E-state index in [4.69, 9.17) is 9.47 Å². The van der Waals surface area contributed by atoms with Crippen LogP contribution in [0.3, 0.4) is 0 Å². The van der Waals surface area contributed by atoms with E-state index in [1.165, 1.54) is 56.9 Å². The topological polar surface area (TPSA) is 35.5 Å². The maximum absolute atomic E-state index is 12.6. The van der Waals surface area contributed by atoms with Gasteiger partial charge in [0.1, 0.15) is 18.1 Å². The summed E-state index contributed by atoms with van der Waals surface area (Å²) in [6.45, 7) is 4.61. The minimum atomic E-state index is -0.320. The third-order valence-electron chi connectivity index (χ3n) is 7.93. The van der Waals surface area contributed by atoms with Crippen molar-refractivity contribution in [3.8, 4) is 11.5 Å². The molecule has 0 heterocycles. The zero-order valence-corrected chi connectivity index (χ0v) is 21.3. The quantitative estimate of drug-likeness (QED) is 0.208. The van der Waals surface area contributed by atoms with Gasteiger partial charge in [0.25, 0.3) is 0 Å². The van der Waals surface area contributed by atoms with Crippen LogP contribution in [0, 0.1) is 17.8 Å². The molecule has 186 valence electrons. The lowest BCUT2D eigenvalue weighted by Crippen LogP contribution is -2.30. The van der Waals surface area contributed by atoms with Crippen molar-refractivity contribution in [1.82, 2.24) is 0 Å². The first kappa shape index (κ1) is 25.3. The fourth-order valence-corrected chi connectivity index (χ4v) is 5.95. The van der Waals surface area contributed by atoms with Crippen molar-refractivity contribution in [3.05, 3.63) is 84.0 Å². The highest BCUT2D eigenvalue weighted by Gasteiger charge is 2.35. The van der Waals surface area contributed by atoms with Gasteiger partial charge in [-0.1, -0.05) is 42.9 Å². The normalized spacial score (nSPS) is 24.4. The second-order valence-electron chi connectivity index (χ2n) is 10.2. The van der Waals surface area contributed by atoms with Crippen LogP contribution in [0.15, 0.2) is 72.8 Å². The first-order chi connectivity index (χ1) is 17.2. The maximum atomic E-state index is 12.6. The molecule has 2 aliphatic carbocycles. The highest BCUT2D eigenvalue weighted by atomic mass is 16.5. The zero-order chi connectivity index (χ0) is 24.5. The van der Waals surface area contributed by atoms with Gasteiger partial charge in [0, 0.05) is 0 Å². The van der Waals surface area contributed by atoms with E-state index in [0.717, 1.165) is 23.5 Å². The van der Waals surface area contributed by atoms with E-state index in [1.54, 1.807) is 12.1 Å². The van der Waals surface area contributed by atoms with Gasteiger partial charge >= 0.3 is 5.97 Å². The number of esters is 1. The van der Waals surface area contributed by atoms with Crippen LogP contribution in [-0.2, 0) is 0 Å². The van der Waals surface area contributed by atoms with Gasteiger partial charge in [-0.2, -0.15) is 0 Å². The number of benzene rings is 2. The lowest BCUT2D eigenvalue weighted by atomic mass is 9.63. The first-order valence-corrected chi connectivity index (χ1v) is 13.4. The van der Waals surface area contributed by atoms with E-state index in [2.05, 4.69) is 31.2 Å². The molecule has 0 spiro atoms. The van der Waals surface area contributed by atoms with E-state index in [0.29, 0.717) is 23.8 Å². The molecule has 2 aromatic carbocycles. The molecule has 0 N–H and O–H groups in total. The Morgan fingerprint density at radius 2 is 1.51 bits per heavy atom. The molecule has 0 aromatic heterocycles. The highest BCUT2D eigenvalue weighted by molar-refractivity contribution is 5.91. The zero-order valence-electron chi connectivity index (χ0n) is 21.3. The van der Waals surface area contributed by atoms with Crippen molar-refractivity contribution in [2.24, 2.45) is 17.8 Å². The van der Waals surface area contributed by atoms with Crippen molar-refractivity contribution >= 4 is 5.97 Å². The highest BCUT2D eigenvalue weighted by Crippen LogP contribution is 2.48. The van der Waals surface area contributed by atoms with Gasteiger partial charge in [-0.05, 0) is 124 Å². The Labute approximate surface area is 211 Å². The molecule has 2 saturated carbocycles. The third kappa shape index (κ3) is 7.10. The molecule has 2 fully saturated rings. The van der Waals surface area contributed by atoms with Gasteiger partial charge in [-0.25, -0.2) is 4.79 Å². The van der Waals surface area contributed by atoms with E-state index in [1.807, 2.05) is 43.3 Å². The van der Waals surface area contributed by atoms with Gasteiger partial charge in [-0.15, -0.1) is 0 Å². The molecular formula is C32H40O3. The number of hydrogen-bond acceptors (Lipinski definition) is 3. The average Bonchev–Trinajstić information content (AvgIpc) is 2.90. The molecule has 3 heteroatoms. The summed E-state index contributed by atoms with van der Waals surface area (Å²) < 4.78 is 11.2. The Hall–Kier alpha value is -2.81. The standard InChI is InChI=1S/C32H40O3/c1-3-5-7-8-24-9-10-29-23-28(16-15-27(29)22-24)25-11-13-26(14-12-25)32(33)35-31-19-17-30(18-20-31)34-21-6-4-2/h3-6,11-14,17-20,24,27-29H,7-10,15-16,21-23H2,1-2H3/b5-3+,6-4+. The number of rotatable bonds is 9. The number of carbonyl (C=O) groups excluding carboxylic acids is 1. The summed E-state index contributed by atoms with van der Waals surface area (Å²) in [6, 6.07) is 15.3. The summed E-state index contributed by atoms with van der Waals surface area (Å²) in [5.74, 6) is 4.30. The Balaban J connectivity index is 1.27. The summed E-state index contributed by atoms with van der Waals surface area (Å²) in [5.41, 5.74) is 1.97. The average molecular weight is 473 g/mol. The molecule has 2 aromatic rings. The predicted molar refractivity (Wildman–Crippen MR) is 143 cm³/mol. The lowest BCUT2D eigenvalue weighted by molar-refractivity contribution is 0.0734. The van der Waals surface area contributed by atoms with Crippen LogP contribution in [0.4, 0.5) is 0 Å². The van der Waals surface area contributed by atoms with Crippen LogP contribution in [0.2, 0.25) is 0 Å². The molecule has 0 bridgehead atoms. The second kappa shape index (κ2) is 12.8. The van der Waals surface area contributed by atoms with Gasteiger partial charge in [-0.3, -0.25) is 0 Å². The molecule has 35 heavy (non-hydrogen) atoms. The van der Waals surface area contributed by atoms with Crippen molar-refractivity contribution in [3.63, 3.8) is 0 Å². The van der Waals surface area contributed by atoms with Crippen molar-refractivity contribution in [2.75, 3.05) is 6.61 Å². The minimum absolute atomic E-state index is 0.320. The molecule has 0 radical (unpaired) electrons. The molecular weight excluding hydrogens is 432 g/mol. The number of allylic oxidation sites excluding steroid dienone is 3. The smallest absolute Gasteiger partial charge is 0.343 e. The SMILES string of the molecule is C/C=C/CCC1CCC2CC(c3ccc(C(=O)Oc4ccc(OC/C=C/C)cc4)cc3)CCC2C1. The van der Waals surface area contributed by atoms with Crippen LogP contribution >= 0.6 is 0 Å². The second-order valence-corrected chi connectivity index (χ2v) is 10.2. The summed E-state index contributed by atoms with van der Waals surface area (Å²) >= 11 is 0. The molecule has 4 atom stereocenters. The van der Waals surface area contributed by atoms with Gasteiger partial charge < -0.3 is 9.47 Å². The van der Waals surface area contributed by atoms with Crippen LogP contribution in [-0.4, -0.2) is 12.6 Å². The molecule has 4 rings (SSSR count). The Bertz CT molecular complexity index is 986. The third-order valence-corrected chi connectivity index (χ3v) is 7.93. The Kier molecular flexibility index (Phi) is 9.22. The number of ether oxygens (including phenoxy) is 2. The van der Waals surface area contributed by atoms with Crippen molar-refractivity contribution < 1.29 is 14.3 Å². The van der Waals surface area contributed by atoms with Gasteiger partial charge in [0.15, 0.2) is 0 Å². The largest absolute Gasteiger partial charge is 0.490 e. The number of hydrogen-bond donors (Lipinski definition) is 0. The minimum Gasteiger partial charge on any atom is -0.490 e. The lowest BCUT2D eigenvalue weighted by Gasteiger charge is -2.42. The molecule has 3 nitrogen and oxygen atoms in total. The first-order valence-electron chi connectivity index (χ1n) is 13.4. The summed E-state index contributed by atoms with van der Waals surface area (Å²) in [6.07, 6.45) is 19.2. The van der Waals surface area contributed by atoms with Gasteiger partial charge in [0.05, 0.1) is 5.56 Å². The van der Waals surface area contributed by atoms with Crippen LogP contribution < -0.4 is 9.47 Å². The summed E-state index contributed by atoms with van der Waals surface area (Å²) in [7, 11) is 0. The van der Waals surface area contributed by atoms with Crippen molar-refractivity contribution in [1.29, 1.82) is 0 Å². The van der Waals surface area contributed by atoms with Crippen LogP contribution in [0.25, 0.3) is 0 Å². The van der Waals surface area contributed by atoms with Gasteiger partial charge in [0.2, 0.25) is 0 Å². The number of fused-ring (bicyclic) bond motifs is 1. The molecule has 4 unspecified atom stereocenters. The Morgan fingerprint density at radius 3 is 2.26 bits per heavy atom. The Morgan fingerprint density at radius 1 is 0.829 bits per heavy atom. The molecule has 0 saturated heterocycles. The van der Waals surface area contributed by atoms with E-state index >= 15 is 0 Å². The fraction of sp³-hybridized carbons (Fsp3) is 0.469. The fourth-order valence-electron chi connectivity index (χ4n) is 5.95. The van der Waals surface area contributed by atoms with Crippen LogP contribution in [0.1, 0.15) is 87.1 Å².